The molecule has 1 aromatic rings. The van der Waals surface area contributed by atoms with Crippen molar-refractivity contribution in [2.45, 2.75) is 19.6 Å². The minimum atomic E-state index is -1.81. The molecule has 0 bridgehead atoms. The van der Waals surface area contributed by atoms with Crippen LogP contribution in [0.5, 0.6) is 0 Å². The van der Waals surface area contributed by atoms with Crippen molar-refractivity contribution in [3.8, 4) is 0 Å². The van der Waals surface area contributed by atoms with Gasteiger partial charge in [-0.05, 0) is 32.0 Å². The van der Waals surface area contributed by atoms with Crippen LogP contribution in [0.1, 0.15) is 19.4 Å². The van der Waals surface area contributed by atoms with E-state index in [4.69, 9.17) is 14.2 Å². The molecular weight excluding hydrogens is 406 g/mol. The summed E-state index contributed by atoms with van der Waals surface area (Å²) >= 11 is 3.40. The van der Waals surface area contributed by atoms with Crippen molar-refractivity contribution in [1.82, 2.24) is 5.01 Å². The van der Waals surface area contributed by atoms with Crippen LogP contribution in [0.25, 0.3) is 0 Å². The summed E-state index contributed by atoms with van der Waals surface area (Å²) < 4.78 is 16.9. The average Bonchev–Trinajstić information content (AvgIpc) is 3.09. The van der Waals surface area contributed by atoms with Gasteiger partial charge in [0.05, 0.1) is 24.5 Å². The summed E-state index contributed by atoms with van der Waals surface area (Å²) in [7, 11) is 0. The van der Waals surface area contributed by atoms with Crippen molar-refractivity contribution in [1.29, 1.82) is 0 Å². The van der Waals surface area contributed by atoms with Crippen LogP contribution in [-0.2, 0) is 24.7 Å². The largest absolute Gasteiger partial charge is 0.450 e. The maximum atomic E-state index is 13.3. The Morgan fingerprint density at radius 3 is 2.85 bits per heavy atom. The molecule has 8 nitrogen and oxygen atoms in total. The molecular formula is C17H18BrN3O5. The molecule has 1 atom stereocenters. The molecule has 0 saturated carbocycles. The van der Waals surface area contributed by atoms with Gasteiger partial charge in [-0.2, -0.15) is 0 Å². The Hall–Kier alpha value is -2.55. The van der Waals surface area contributed by atoms with Crippen LogP contribution < -0.4 is 4.90 Å². The van der Waals surface area contributed by atoms with Gasteiger partial charge in [-0.1, -0.05) is 27.1 Å². The molecule has 0 fully saturated rings. The van der Waals surface area contributed by atoms with Gasteiger partial charge < -0.3 is 19.1 Å². The van der Waals surface area contributed by atoms with Crippen molar-refractivity contribution in [2.24, 2.45) is 5.10 Å². The third-order valence-corrected chi connectivity index (χ3v) is 4.38. The third-order valence-electron chi connectivity index (χ3n) is 3.88. The fraction of sp³-hybridized carbons (Fsp3) is 0.353. The molecule has 3 rings (SSSR count). The predicted molar refractivity (Wildman–Crippen MR) is 97.4 cm³/mol. The summed E-state index contributed by atoms with van der Waals surface area (Å²) in [4.78, 5) is 27.3. The van der Waals surface area contributed by atoms with Crippen LogP contribution in [-0.4, -0.2) is 42.9 Å². The lowest BCUT2D eigenvalue weighted by atomic mass is 10.0. The average molecular weight is 424 g/mol. The van der Waals surface area contributed by atoms with Gasteiger partial charge in [-0.25, -0.2) is 4.79 Å². The van der Waals surface area contributed by atoms with Gasteiger partial charge in [0.25, 0.3) is 0 Å². The van der Waals surface area contributed by atoms with Crippen LogP contribution >= 0.6 is 15.9 Å². The lowest BCUT2D eigenvalue weighted by Crippen LogP contribution is -2.52. The molecule has 0 aliphatic carbocycles. The second kappa shape index (κ2) is 6.99. The van der Waals surface area contributed by atoms with E-state index in [1.54, 1.807) is 38.1 Å². The predicted octanol–water partition coefficient (Wildman–Crippen LogP) is 2.93. The van der Waals surface area contributed by atoms with E-state index in [0.29, 0.717) is 11.3 Å². The maximum Gasteiger partial charge on any atom is 0.434 e. The Morgan fingerprint density at radius 1 is 1.42 bits per heavy atom. The summed E-state index contributed by atoms with van der Waals surface area (Å²) in [6.45, 7) is 7.74. The molecule has 0 N–H and O–H groups in total. The Kier molecular flexibility index (Phi) is 4.90. The van der Waals surface area contributed by atoms with Crippen LogP contribution in [0.4, 0.5) is 10.5 Å². The highest BCUT2D eigenvalue weighted by atomic mass is 79.9. The Morgan fingerprint density at radius 2 is 2.19 bits per heavy atom. The molecule has 2 aliphatic heterocycles. The molecule has 0 saturated heterocycles. The summed E-state index contributed by atoms with van der Waals surface area (Å²) in [5.41, 5.74) is -0.746. The standard InChI is InChI=1S/C17H18BrN3O5/c1-4-9-20-13-8-7-11(18)10-12(13)17(14(20)22)21(16(23)25-6-3)19-15(26-17)24-5-2/h4,7-8,10H,1,5-6,9H2,2-3H3. The van der Waals surface area contributed by atoms with Crippen LogP contribution in [0, 0.1) is 0 Å². The fourth-order valence-corrected chi connectivity index (χ4v) is 3.28. The minimum Gasteiger partial charge on any atom is -0.450 e. The molecule has 0 radical (unpaired) electrons. The first-order valence-electron chi connectivity index (χ1n) is 8.09. The number of hydrogen-bond acceptors (Lipinski definition) is 6. The van der Waals surface area contributed by atoms with Gasteiger partial charge in [-0.15, -0.1) is 11.6 Å². The molecule has 2 aliphatic rings. The number of hydrogen-bond donors (Lipinski definition) is 0. The lowest BCUT2D eigenvalue weighted by molar-refractivity contribution is -0.148. The zero-order valence-electron chi connectivity index (χ0n) is 14.4. The second-order valence-electron chi connectivity index (χ2n) is 5.42. The molecule has 138 valence electrons. The molecule has 2 heterocycles. The van der Waals surface area contributed by atoms with E-state index in [1.807, 2.05) is 0 Å². The lowest BCUT2D eigenvalue weighted by Gasteiger charge is -2.28. The second-order valence-corrected chi connectivity index (χ2v) is 6.34. The number of carbonyl (C=O) groups is 2. The molecule has 1 aromatic carbocycles. The van der Waals surface area contributed by atoms with Crippen molar-refractivity contribution in [3.05, 3.63) is 40.9 Å². The number of hydrazone groups is 1. The van der Waals surface area contributed by atoms with E-state index in [9.17, 15) is 9.59 Å². The summed E-state index contributed by atoms with van der Waals surface area (Å²) in [6, 6.07) is 5.28. The van der Waals surface area contributed by atoms with E-state index in [1.165, 1.54) is 4.90 Å². The highest BCUT2D eigenvalue weighted by molar-refractivity contribution is 9.10. The van der Waals surface area contributed by atoms with Crippen molar-refractivity contribution in [3.63, 3.8) is 0 Å². The number of amides is 2. The summed E-state index contributed by atoms with van der Waals surface area (Å²) in [5, 5.41) is 4.95. The SMILES string of the molecule is C=CCN1C(=O)C2(OC(OCC)=NN2C(=O)OCC)c2cc(Br)ccc21. The van der Waals surface area contributed by atoms with Crippen LogP contribution in [0.2, 0.25) is 0 Å². The van der Waals surface area contributed by atoms with Gasteiger partial charge >= 0.3 is 23.8 Å². The smallest absolute Gasteiger partial charge is 0.434 e. The maximum absolute atomic E-state index is 13.3. The number of ether oxygens (including phenoxy) is 3. The zero-order chi connectivity index (χ0) is 18.9. The Balaban J connectivity index is 2.17. The van der Waals surface area contributed by atoms with E-state index in [0.717, 1.165) is 9.48 Å². The molecule has 1 unspecified atom stereocenters. The first-order valence-corrected chi connectivity index (χ1v) is 8.89. The van der Waals surface area contributed by atoms with E-state index in [-0.39, 0.29) is 25.8 Å². The topological polar surface area (TPSA) is 80.7 Å². The normalized spacial score (nSPS) is 20.7. The van der Waals surface area contributed by atoms with E-state index in [2.05, 4.69) is 27.6 Å². The Labute approximate surface area is 159 Å². The van der Waals surface area contributed by atoms with E-state index >= 15 is 0 Å². The van der Waals surface area contributed by atoms with Crippen LogP contribution in [0.15, 0.2) is 40.4 Å². The molecule has 1 spiro atoms. The number of carbonyl (C=O) groups excluding carboxylic acids is 2. The van der Waals surface area contributed by atoms with E-state index < -0.39 is 17.7 Å². The summed E-state index contributed by atoms with van der Waals surface area (Å²) in [6.07, 6.45) is 0.624. The monoisotopic (exact) mass is 423 g/mol. The van der Waals surface area contributed by atoms with Crippen molar-refractivity contribution < 1.29 is 23.8 Å². The fourth-order valence-electron chi connectivity index (χ4n) is 2.91. The Bertz CT molecular complexity index is 797. The zero-order valence-corrected chi connectivity index (χ0v) is 16.0. The highest BCUT2D eigenvalue weighted by Crippen LogP contribution is 2.48. The first-order chi connectivity index (χ1) is 12.5. The van der Waals surface area contributed by atoms with Crippen molar-refractivity contribution >= 4 is 39.7 Å². The van der Waals surface area contributed by atoms with Gasteiger partial charge in [0, 0.05) is 11.0 Å². The number of rotatable bonds is 4. The first kappa shape index (κ1) is 18.2. The highest BCUT2D eigenvalue weighted by Gasteiger charge is 2.64. The number of halogens is 1. The van der Waals surface area contributed by atoms with Crippen molar-refractivity contribution in [2.75, 3.05) is 24.7 Å². The number of anilines is 1. The molecule has 26 heavy (non-hydrogen) atoms. The number of benzene rings is 1. The van der Waals surface area contributed by atoms with Gasteiger partial charge in [0.2, 0.25) is 0 Å². The number of fused-ring (bicyclic) bond motifs is 2. The van der Waals surface area contributed by atoms with Gasteiger partial charge in [-0.3, -0.25) is 4.79 Å². The molecule has 2 amide bonds. The van der Waals surface area contributed by atoms with Gasteiger partial charge in [0.15, 0.2) is 0 Å². The summed E-state index contributed by atoms with van der Waals surface area (Å²) in [5.74, 6) is -0.475. The molecule has 0 aromatic heterocycles. The molecule has 9 heteroatoms. The quantitative estimate of drug-likeness (QED) is 0.695. The van der Waals surface area contributed by atoms with Crippen LogP contribution in [0.3, 0.4) is 0 Å². The van der Waals surface area contributed by atoms with Gasteiger partial charge in [0.1, 0.15) is 0 Å². The minimum absolute atomic E-state index is 0.126. The third kappa shape index (κ3) is 2.63. The number of nitrogens with zero attached hydrogens (tertiary/aromatic N) is 3.